The van der Waals surface area contributed by atoms with Gasteiger partial charge in [-0.1, -0.05) is 81.4 Å². The number of carbonyl (C=O) groups is 4. The van der Waals surface area contributed by atoms with E-state index in [-0.39, 0.29) is 41.5 Å². The van der Waals surface area contributed by atoms with Gasteiger partial charge in [0.1, 0.15) is 0 Å². The second kappa shape index (κ2) is 18.4. The summed E-state index contributed by atoms with van der Waals surface area (Å²) in [6.45, 7) is 7.54. The molecule has 3 aromatic carbocycles. The number of carbonyl (C=O) groups excluding carboxylic acids is 4. The zero-order valence-electron chi connectivity index (χ0n) is 27.1. The van der Waals surface area contributed by atoms with Gasteiger partial charge in [0.15, 0.2) is 0 Å². The normalized spacial score (nSPS) is 12.3. The van der Waals surface area contributed by atoms with E-state index in [4.69, 9.17) is 5.73 Å². The van der Waals surface area contributed by atoms with E-state index in [0.717, 1.165) is 30.4 Å². The molecule has 0 saturated carbocycles. The fourth-order valence-electron chi connectivity index (χ4n) is 5.28. The number of hydrogen-bond donors (Lipinski definition) is 4. The van der Waals surface area contributed by atoms with Crippen LogP contribution in [0.3, 0.4) is 0 Å². The van der Waals surface area contributed by atoms with Crippen LogP contribution in [0.25, 0.3) is 0 Å². The Hall–Kier alpha value is -4.54. The van der Waals surface area contributed by atoms with E-state index in [1.807, 2.05) is 81.4 Å². The van der Waals surface area contributed by atoms with Crippen molar-refractivity contribution in [2.24, 2.45) is 5.73 Å². The van der Waals surface area contributed by atoms with Crippen LogP contribution in [-0.2, 0) is 17.6 Å². The van der Waals surface area contributed by atoms with Gasteiger partial charge in [0.2, 0.25) is 11.8 Å². The monoisotopic (exact) mass is 629 g/mol. The maximum absolute atomic E-state index is 13.7. The maximum Gasteiger partial charge on any atom is 0.253 e. The van der Waals surface area contributed by atoms with E-state index >= 15 is 0 Å². The lowest BCUT2D eigenvalue weighted by molar-refractivity contribution is -0.126. The van der Waals surface area contributed by atoms with Crippen LogP contribution in [0, 0.1) is 0 Å². The van der Waals surface area contributed by atoms with Crippen molar-refractivity contribution in [1.82, 2.24) is 20.7 Å². The number of amides is 4. The van der Waals surface area contributed by atoms with Crippen LogP contribution < -0.4 is 16.5 Å². The molecule has 0 aliphatic heterocycles. The molecule has 0 saturated heterocycles. The predicted octanol–water partition coefficient (Wildman–Crippen LogP) is 3.74. The molecule has 0 heterocycles. The fraction of sp³-hybridized carbons (Fsp3) is 0.389. The molecule has 3 aromatic rings. The molecular formula is C36H47N5O5. The Morgan fingerprint density at radius 3 is 1.87 bits per heavy atom. The average molecular weight is 630 g/mol. The Bertz CT molecular complexity index is 1430. The van der Waals surface area contributed by atoms with Crippen molar-refractivity contribution in [3.05, 3.63) is 107 Å². The van der Waals surface area contributed by atoms with Gasteiger partial charge in [0.25, 0.3) is 11.8 Å². The van der Waals surface area contributed by atoms with E-state index in [1.165, 1.54) is 18.2 Å². The largest absolute Gasteiger partial charge is 0.390 e. The number of aliphatic hydroxyl groups is 1. The lowest BCUT2D eigenvalue weighted by Crippen LogP contribution is -2.53. The number of benzene rings is 3. The number of primary amides is 1. The zero-order valence-corrected chi connectivity index (χ0v) is 27.1. The highest BCUT2D eigenvalue weighted by atomic mass is 16.3. The molecule has 46 heavy (non-hydrogen) atoms. The third-order valence-corrected chi connectivity index (χ3v) is 7.47. The summed E-state index contributed by atoms with van der Waals surface area (Å²) < 4.78 is 0. The number of rotatable bonds is 18. The molecule has 3 rings (SSSR count). The minimum Gasteiger partial charge on any atom is -0.390 e. The Kier molecular flexibility index (Phi) is 14.4. The first-order valence-corrected chi connectivity index (χ1v) is 16.0. The Morgan fingerprint density at radius 1 is 0.761 bits per heavy atom. The van der Waals surface area contributed by atoms with Crippen LogP contribution in [0.5, 0.6) is 0 Å². The van der Waals surface area contributed by atoms with E-state index in [9.17, 15) is 24.3 Å². The minimum absolute atomic E-state index is 0.0411. The molecule has 246 valence electrons. The summed E-state index contributed by atoms with van der Waals surface area (Å²) in [6.07, 6.45) is 1.64. The van der Waals surface area contributed by atoms with Gasteiger partial charge in [-0.3, -0.25) is 24.6 Å². The molecule has 0 spiro atoms. The third-order valence-electron chi connectivity index (χ3n) is 7.47. The quantitative estimate of drug-likeness (QED) is 0.158. The summed E-state index contributed by atoms with van der Waals surface area (Å²) in [6, 6.07) is 22.3. The van der Waals surface area contributed by atoms with Crippen molar-refractivity contribution < 1.29 is 24.3 Å². The van der Waals surface area contributed by atoms with Crippen molar-refractivity contribution >= 4 is 23.6 Å². The number of aliphatic hydroxyl groups excluding tert-OH is 1. The molecule has 0 aliphatic rings. The summed E-state index contributed by atoms with van der Waals surface area (Å²) >= 11 is 0. The summed E-state index contributed by atoms with van der Waals surface area (Å²) in [4.78, 5) is 53.9. The molecule has 4 amide bonds. The number of nitrogens with zero attached hydrogens (tertiary/aromatic N) is 2. The highest BCUT2D eigenvalue weighted by Crippen LogP contribution is 2.16. The smallest absolute Gasteiger partial charge is 0.253 e. The van der Waals surface area contributed by atoms with E-state index < -0.39 is 24.0 Å². The third kappa shape index (κ3) is 11.1. The van der Waals surface area contributed by atoms with E-state index in [1.54, 1.807) is 9.91 Å². The molecule has 10 nitrogen and oxygen atoms in total. The van der Waals surface area contributed by atoms with Gasteiger partial charge in [-0.05, 0) is 55.0 Å². The van der Waals surface area contributed by atoms with Crippen LogP contribution in [-0.4, -0.2) is 77.0 Å². The molecule has 0 bridgehead atoms. The topological polar surface area (TPSA) is 145 Å². The lowest BCUT2D eigenvalue weighted by Gasteiger charge is -2.30. The van der Waals surface area contributed by atoms with Gasteiger partial charge in [0, 0.05) is 42.9 Å². The highest BCUT2D eigenvalue weighted by Gasteiger charge is 2.27. The first kappa shape index (κ1) is 35.9. The van der Waals surface area contributed by atoms with Gasteiger partial charge >= 0.3 is 0 Å². The SMILES string of the molecule is CCCN(CC(O)C(Cc1ccccc1)NC(=O)c1cc(C(N)=O)cc(C(=O)N(CCC)CCC)c1)NC(=O)Cc1ccccc1. The number of nitrogens with two attached hydrogens (primary N) is 1. The van der Waals surface area contributed by atoms with Crippen LogP contribution in [0.2, 0.25) is 0 Å². The second-order valence-corrected chi connectivity index (χ2v) is 11.4. The second-order valence-electron chi connectivity index (χ2n) is 11.4. The van der Waals surface area contributed by atoms with Crippen molar-refractivity contribution in [2.45, 2.75) is 65.0 Å². The molecule has 5 N–H and O–H groups in total. The van der Waals surface area contributed by atoms with Crippen LogP contribution in [0.15, 0.2) is 78.9 Å². The minimum atomic E-state index is -1.09. The van der Waals surface area contributed by atoms with Crippen molar-refractivity contribution in [2.75, 3.05) is 26.2 Å². The van der Waals surface area contributed by atoms with Crippen LogP contribution >= 0.6 is 0 Å². The van der Waals surface area contributed by atoms with Gasteiger partial charge in [-0.15, -0.1) is 0 Å². The average Bonchev–Trinajstić information content (AvgIpc) is 3.04. The van der Waals surface area contributed by atoms with Crippen LogP contribution in [0.4, 0.5) is 0 Å². The first-order valence-electron chi connectivity index (χ1n) is 16.0. The van der Waals surface area contributed by atoms with Crippen molar-refractivity contribution in [3.8, 4) is 0 Å². The Morgan fingerprint density at radius 2 is 1.30 bits per heavy atom. The molecule has 0 radical (unpaired) electrons. The maximum atomic E-state index is 13.7. The molecule has 2 unspecified atom stereocenters. The fourth-order valence-corrected chi connectivity index (χ4v) is 5.28. The van der Waals surface area contributed by atoms with Crippen LogP contribution in [0.1, 0.15) is 82.2 Å². The molecule has 10 heteroatoms. The van der Waals surface area contributed by atoms with Gasteiger partial charge in [-0.25, -0.2) is 5.01 Å². The number of hydrazine groups is 1. The lowest BCUT2D eigenvalue weighted by atomic mass is 9.99. The summed E-state index contributed by atoms with van der Waals surface area (Å²) in [5.41, 5.74) is 10.6. The van der Waals surface area contributed by atoms with Crippen molar-refractivity contribution in [3.63, 3.8) is 0 Å². The molecule has 0 fully saturated rings. The van der Waals surface area contributed by atoms with Gasteiger partial charge in [0.05, 0.1) is 18.6 Å². The summed E-state index contributed by atoms with van der Waals surface area (Å²) in [7, 11) is 0. The molecule has 2 atom stereocenters. The standard InChI is InChI=1S/C36H47N5O5/c1-4-17-40(18-5-2)36(46)30-23-28(34(37)44)22-29(24-30)35(45)38-31(20-26-13-9-7-10-14-26)32(42)25-41(19-6-3)39-33(43)21-27-15-11-8-12-16-27/h7-16,22-24,31-32,42H,4-6,17-21,25H2,1-3H3,(H2,37,44)(H,38,45)(H,39,43). The summed E-state index contributed by atoms with van der Waals surface area (Å²) in [5.74, 6) is -1.83. The molecular weight excluding hydrogens is 582 g/mol. The van der Waals surface area contributed by atoms with Crippen molar-refractivity contribution in [1.29, 1.82) is 0 Å². The predicted molar refractivity (Wildman–Crippen MR) is 179 cm³/mol. The number of nitrogens with one attached hydrogen (secondary N) is 2. The van der Waals surface area contributed by atoms with Gasteiger partial charge < -0.3 is 21.1 Å². The first-order chi connectivity index (χ1) is 22.1. The zero-order chi connectivity index (χ0) is 33.5. The van der Waals surface area contributed by atoms with Gasteiger partial charge in [-0.2, -0.15) is 0 Å². The molecule has 0 aromatic heterocycles. The Labute approximate surface area is 271 Å². The number of hydrogen-bond acceptors (Lipinski definition) is 6. The highest BCUT2D eigenvalue weighted by molar-refractivity contribution is 6.04. The summed E-state index contributed by atoms with van der Waals surface area (Å²) in [5, 5.41) is 16.1. The van der Waals surface area contributed by atoms with E-state index in [0.29, 0.717) is 26.1 Å². The Balaban J connectivity index is 1.86. The molecule has 0 aliphatic carbocycles. The van der Waals surface area contributed by atoms with E-state index in [2.05, 4.69) is 10.7 Å².